The maximum atomic E-state index is 13.8. The van der Waals surface area contributed by atoms with Gasteiger partial charge in [-0.2, -0.15) is 0 Å². The molecule has 0 aliphatic heterocycles. The highest BCUT2D eigenvalue weighted by Gasteiger charge is 2.31. The van der Waals surface area contributed by atoms with Gasteiger partial charge < -0.3 is 20.1 Å². The van der Waals surface area contributed by atoms with Gasteiger partial charge in [-0.05, 0) is 114 Å². The first-order valence-electron chi connectivity index (χ1n) is 15.0. The zero-order valence-electron chi connectivity index (χ0n) is 25.4. The van der Waals surface area contributed by atoms with Crippen LogP contribution in [0.25, 0.3) is 0 Å². The third-order valence-electron chi connectivity index (χ3n) is 8.18. The van der Waals surface area contributed by atoms with Crippen molar-refractivity contribution in [2.24, 2.45) is 0 Å². The number of esters is 2. The maximum Gasteiger partial charge on any atom is 0.341 e. The summed E-state index contributed by atoms with van der Waals surface area (Å²) in [6.45, 7) is 9.47. The lowest BCUT2D eigenvalue weighted by Gasteiger charge is -2.17. The molecular weight excluding hydrogens is 585 g/mol. The van der Waals surface area contributed by atoms with Crippen LogP contribution in [-0.4, -0.2) is 37.0 Å². The Kier molecular flexibility index (Phi) is 9.36. The van der Waals surface area contributed by atoms with Crippen molar-refractivity contribution in [3.63, 3.8) is 0 Å². The number of hydrogen-bond donors (Lipinski definition) is 2. The predicted molar refractivity (Wildman–Crippen MR) is 170 cm³/mol. The minimum atomic E-state index is -0.425. The monoisotopic (exact) mass is 622 g/mol. The molecule has 0 fully saturated rings. The van der Waals surface area contributed by atoms with Crippen molar-refractivity contribution in [3.05, 3.63) is 65.9 Å². The maximum absolute atomic E-state index is 13.8. The van der Waals surface area contributed by atoms with Crippen LogP contribution in [0.5, 0.6) is 0 Å². The van der Waals surface area contributed by atoms with Gasteiger partial charge in [0.25, 0.3) is 11.8 Å². The number of aryl methyl sites for hydroxylation is 4. The summed E-state index contributed by atoms with van der Waals surface area (Å²) in [4.78, 5) is 55.8. The van der Waals surface area contributed by atoms with Gasteiger partial charge in [0.1, 0.15) is 10.0 Å². The van der Waals surface area contributed by atoms with Gasteiger partial charge in [-0.3, -0.25) is 9.59 Å². The van der Waals surface area contributed by atoms with E-state index in [9.17, 15) is 19.2 Å². The highest BCUT2D eigenvalue weighted by Crippen LogP contribution is 2.41. The molecule has 0 radical (unpaired) electrons. The van der Waals surface area contributed by atoms with Crippen molar-refractivity contribution >= 4 is 56.4 Å². The number of fused-ring (bicyclic) bond motifs is 2. The van der Waals surface area contributed by atoms with Crippen molar-refractivity contribution < 1.29 is 28.7 Å². The Morgan fingerprint density at radius 2 is 1.05 bits per heavy atom. The average Bonchev–Trinajstić information content (AvgIpc) is 3.50. The molecule has 2 aliphatic rings. The number of amides is 2. The molecule has 3 aromatic rings. The molecule has 43 heavy (non-hydrogen) atoms. The summed E-state index contributed by atoms with van der Waals surface area (Å²) < 4.78 is 10.7. The molecule has 1 aromatic carbocycles. The summed E-state index contributed by atoms with van der Waals surface area (Å²) in [5, 5.41) is 6.98. The standard InChI is InChI=1S/C33H38N2O6S2/c1-6-40-32(38)26-20-12-8-10-14-22(20)42-30(26)34-28(36)24-17(3)16-18(4)25(19(24)5)29(37)35-31-27(33(39)41-7-2)21-13-9-11-15-23(21)43-31/h16H,6-15H2,1-5H3,(H,34,36)(H,35,37). The molecule has 0 atom stereocenters. The van der Waals surface area contributed by atoms with Gasteiger partial charge in [0, 0.05) is 20.9 Å². The Labute approximate surface area is 260 Å². The first-order chi connectivity index (χ1) is 20.7. The first-order valence-corrected chi connectivity index (χ1v) is 16.7. The molecule has 0 unspecified atom stereocenters. The number of hydrogen-bond acceptors (Lipinski definition) is 8. The van der Waals surface area contributed by atoms with Gasteiger partial charge in [-0.25, -0.2) is 9.59 Å². The molecule has 0 spiro atoms. The molecule has 10 heteroatoms. The summed E-state index contributed by atoms with van der Waals surface area (Å²) in [7, 11) is 0. The third-order valence-corrected chi connectivity index (χ3v) is 10.6. The number of anilines is 2. The van der Waals surface area contributed by atoms with E-state index in [1.807, 2.05) is 19.9 Å². The SMILES string of the molecule is CCOC(=O)c1c(NC(=O)c2c(C)cc(C)c(C(=O)Nc3sc4c(c3C(=O)OCC)CCCC4)c2C)sc2c1CCCC2. The van der Waals surface area contributed by atoms with Crippen LogP contribution in [0.4, 0.5) is 10.0 Å². The molecule has 5 rings (SSSR count). The largest absolute Gasteiger partial charge is 0.462 e. The molecular formula is C33H38N2O6S2. The van der Waals surface area contributed by atoms with Crippen molar-refractivity contribution in [3.8, 4) is 0 Å². The number of thiophene rings is 2. The lowest BCUT2D eigenvalue weighted by molar-refractivity contribution is 0.0516. The number of rotatable bonds is 8. The quantitative estimate of drug-likeness (QED) is 0.254. The Morgan fingerprint density at radius 1 is 0.651 bits per heavy atom. The predicted octanol–water partition coefficient (Wildman–Crippen LogP) is 7.35. The van der Waals surface area contributed by atoms with E-state index in [1.165, 1.54) is 22.7 Å². The Bertz CT molecular complexity index is 1500. The zero-order valence-corrected chi connectivity index (χ0v) is 27.0. The van der Waals surface area contributed by atoms with Crippen LogP contribution in [0, 0.1) is 20.8 Å². The topological polar surface area (TPSA) is 111 Å². The van der Waals surface area contributed by atoms with Gasteiger partial charge >= 0.3 is 11.9 Å². The number of carbonyl (C=O) groups excluding carboxylic acids is 4. The molecule has 2 aliphatic carbocycles. The summed E-state index contributed by atoms with van der Waals surface area (Å²) >= 11 is 2.87. The van der Waals surface area contributed by atoms with Crippen LogP contribution in [0.3, 0.4) is 0 Å². The van der Waals surface area contributed by atoms with Crippen LogP contribution < -0.4 is 10.6 Å². The summed E-state index contributed by atoms with van der Waals surface area (Å²) in [6.07, 6.45) is 7.37. The van der Waals surface area contributed by atoms with E-state index in [0.717, 1.165) is 83.4 Å². The fraction of sp³-hybridized carbons (Fsp3) is 0.455. The molecule has 2 aromatic heterocycles. The smallest absolute Gasteiger partial charge is 0.341 e. The normalized spacial score (nSPS) is 14.0. The summed E-state index contributed by atoms with van der Waals surface area (Å²) in [5.74, 6) is -1.62. The van der Waals surface area contributed by atoms with E-state index in [1.54, 1.807) is 20.8 Å². The highest BCUT2D eigenvalue weighted by atomic mass is 32.1. The Balaban J connectivity index is 1.48. The van der Waals surface area contributed by atoms with Gasteiger partial charge in [0.2, 0.25) is 0 Å². The van der Waals surface area contributed by atoms with Crippen molar-refractivity contribution in [2.45, 2.75) is 86.0 Å². The first kappa shape index (κ1) is 30.9. The van der Waals surface area contributed by atoms with Crippen molar-refractivity contribution in [1.29, 1.82) is 0 Å². The number of carbonyl (C=O) groups is 4. The second-order valence-electron chi connectivity index (χ2n) is 11.1. The molecule has 228 valence electrons. The molecule has 2 N–H and O–H groups in total. The van der Waals surface area contributed by atoms with Gasteiger partial charge in [-0.15, -0.1) is 22.7 Å². The van der Waals surface area contributed by atoms with E-state index in [0.29, 0.717) is 37.8 Å². The van der Waals surface area contributed by atoms with E-state index in [2.05, 4.69) is 10.6 Å². The lowest BCUT2D eigenvalue weighted by Crippen LogP contribution is -2.22. The molecule has 0 bridgehead atoms. The second kappa shape index (κ2) is 13.0. The van der Waals surface area contributed by atoms with Crippen LogP contribution in [0.15, 0.2) is 6.07 Å². The van der Waals surface area contributed by atoms with Gasteiger partial charge in [-0.1, -0.05) is 6.07 Å². The van der Waals surface area contributed by atoms with Crippen LogP contribution in [-0.2, 0) is 35.2 Å². The molecule has 2 amide bonds. The van der Waals surface area contributed by atoms with Gasteiger partial charge in [0.15, 0.2) is 0 Å². The van der Waals surface area contributed by atoms with Crippen molar-refractivity contribution in [1.82, 2.24) is 0 Å². The van der Waals surface area contributed by atoms with E-state index >= 15 is 0 Å². The molecule has 0 saturated carbocycles. The van der Waals surface area contributed by atoms with E-state index < -0.39 is 11.9 Å². The molecule has 0 saturated heterocycles. The fourth-order valence-corrected chi connectivity index (χ4v) is 8.91. The highest BCUT2D eigenvalue weighted by molar-refractivity contribution is 7.17. The summed E-state index contributed by atoms with van der Waals surface area (Å²) in [5.41, 5.74) is 5.58. The van der Waals surface area contributed by atoms with E-state index in [4.69, 9.17) is 9.47 Å². The Morgan fingerprint density at radius 3 is 1.44 bits per heavy atom. The van der Waals surface area contributed by atoms with Crippen LogP contribution in [0.1, 0.15) is 119 Å². The molecule has 8 nitrogen and oxygen atoms in total. The minimum Gasteiger partial charge on any atom is -0.462 e. The average molecular weight is 623 g/mol. The summed E-state index contributed by atoms with van der Waals surface area (Å²) in [6, 6.07) is 1.83. The van der Waals surface area contributed by atoms with E-state index in [-0.39, 0.29) is 25.0 Å². The number of nitrogens with one attached hydrogen (secondary N) is 2. The second-order valence-corrected chi connectivity index (χ2v) is 13.3. The Hall–Kier alpha value is -3.50. The van der Waals surface area contributed by atoms with Crippen LogP contribution >= 0.6 is 22.7 Å². The third kappa shape index (κ3) is 5.99. The lowest BCUT2D eigenvalue weighted by atomic mass is 9.92. The van der Waals surface area contributed by atoms with Crippen molar-refractivity contribution in [2.75, 3.05) is 23.8 Å². The fourth-order valence-electron chi connectivity index (χ4n) is 6.36. The number of ether oxygens (including phenoxy) is 2. The zero-order chi connectivity index (χ0) is 30.8. The minimum absolute atomic E-state index is 0.247. The van der Waals surface area contributed by atoms with Gasteiger partial charge in [0.05, 0.1) is 24.3 Å². The van der Waals surface area contributed by atoms with Crippen LogP contribution in [0.2, 0.25) is 0 Å². The molecule has 2 heterocycles. The number of benzene rings is 1.